The molecule has 0 bridgehead atoms. The minimum atomic E-state index is -1.05. The van der Waals surface area contributed by atoms with Crippen LogP contribution in [0.3, 0.4) is 0 Å². The fourth-order valence-corrected chi connectivity index (χ4v) is 4.85. The second-order valence-electron chi connectivity index (χ2n) is 6.57. The summed E-state index contributed by atoms with van der Waals surface area (Å²) < 4.78 is 0. The average Bonchev–Trinajstić information content (AvgIpc) is 3.44. The smallest absolute Gasteiger partial charge is 0.352 e. The van der Waals surface area contributed by atoms with Gasteiger partial charge in [0.2, 0.25) is 5.91 Å². The maximum atomic E-state index is 12.5. The van der Waals surface area contributed by atoms with Gasteiger partial charge in [0.25, 0.3) is 5.91 Å². The third-order valence-electron chi connectivity index (χ3n) is 4.79. The van der Waals surface area contributed by atoms with Gasteiger partial charge in [-0.25, -0.2) is 4.79 Å². The highest BCUT2D eigenvalue weighted by molar-refractivity contribution is 8.00. The Morgan fingerprint density at radius 2 is 1.96 bits per heavy atom. The number of nitrogens with one attached hydrogen (secondary N) is 1. The molecule has 1 aromatic carbocycles. The number of carboxylic acids is 1. The van der Waals surface area contributed by atoms with Crippen LogP contribution in [0.5, 0.6) is 0 Å². The molecule has 0 unspecified atom stereocenters. The third kappa shape index (κ3) is 2.93. The summed E-state index contributed by atoms with van der Waals surface area (Å²) in [4.78, 5) is 37.7. The zero-order chi connectivity index (χ0) is 17.6. The Labute approximate surface area is 149 Å². The fraction of sp³-hybridized carbons (Fsp3) is 0.389. The number of carbonyl (C=O) groups excluding carboxylic acids is 2. The Kier molecular flexibility index (Phi) is 4.03. The molecule has 4 rings (SSSR count). The highest BCUT2D eigenvalue weighted by atomic mass is 32.2. The van der Waals surface area contributed by atoms with Crippen LogP contribution in [0.4, 0.5) is 0 Å². The first-order valence-corrected chi connectivity index (χ1v) is 9.35. The first kappa shape index (κ1) is 16.2. The van der Waals surface area contributed by atoms with E-state index in [0.29, 0.717) is 11.7 Å². The predicted molar refractivity (Wildman–Crippen MR) is 92.6 cm³/mol. The van der Waals surface area contributed by atoms with Crippen molar-refractivity contribution in [1.82, 2.24) is 10.2 Å². The van der Waals surface area contributed by atoms with E-state index in [2.05, 4.69) is 5.32 Å². The number of rotatable bonds is 5. The van der Waals surface area contributed by atoms with E-state index in [1.165, 1.54) is 16.7 Å². The largest absolute Gasteiger partial charge is 0.477 e. The van der Waals surface area contributed by atoms with Gasteiger partial charge in [0, 0.05) is 5.75 Å². The fourth-order valence-electron chi connectivity index (χ4n) is 3.39. The zero-order valence-electron chi connectivity index (χ0n) is 13.5. The molecule has 2 amide bonds. The highest BCUT2D eigenvalue weighted by Crippen LogP contribution is 2.47. The van der Waals surface area contributed by atoms with E-state index in [9.17, 15) is 19.5 Å². The van der Waals surface area contributed by atoms with Gasteiger partial charge in [-0.2, -0.15) is 0 Å². The van der Waals surface area contributed by atoms with E-state index in [-0.39, 0.29) is 29.3 Å². The molecule has 0 spiro atoms. The number of fused-ring (bicyclic) bond motifs is 1. The van der Waals surface area contributed by atoms with Gasteiger partial charge in [-0.3, -0.25) is 14.5 Å². The quantitative estimate of drug-likeness (QED) is 0.777. The number of nitrogens with zero attached hydrogens (tertiary/aromatic N) is 1. The Morgan fingerprint density at radius 1 is 1.24 bits per heavy atom. The van der Waals surface area contributed by atoms with Crippen molar-refractivity contribution in [3.8, 4) is 0 Å². The van der Waals surface area contributed by atoms with Gasteiger partial charge >= 0.3 is 5.97 Å². The molecular formula is C18H18N2O4S. The topological polar surface area (TPSA) is 86.7 Å². The molecule has 1 aromatic rings. The average molecular weight is 358 g/mol. The van der Waals surface area contributed by atoms with Crippen LogP contribution in [0.25, 0.3) is 0 Å². The van der Waals surface area contributed by atoms with Gasteiger partial charge in [0.1, 0.15) is 17.1 Å². The summed E-state index contributed by atoms with van der Waals surface area (Å²) in [5.74, 6) is -0.673. The molecule has 6 nitrogen and oxygen atoms in total. The molecule has 1 aliphatic carbocycles. The molecule has 3 aliphatic rings. The lowest BCUT2D eigenvalue weighted by Crippen LogP contribution is -2.70. The molecular weight excluding hydrogens is 340 g/mol. The number of thioether (sulfide) groups is 1. The summed E-state index contributed by atoms with van der Waals surface area (Å²) in [5.41, 5.74) is 1.89. The van der Waals surface area contributed by atoms with Gasteiger partial charge in [0.05, 0.1) is 6.42 Å². The Bertz CT molecular complexity index is 773. The minimum Gasteiger partial charge on any atom is -0.477 e. The van der Waals surface area contributed by atoms with Crippen LogP contribution in [0.15, 0.2) is 41.6 Å². The number of hydrogen-bond donors (Lipinski definition) is 2. The van der Waals surface area contributed by atoms with Crippen LogP contribution in [-0.4, -0.2) is 45.0 Å². The van der Waals surface area contributed by atoms with E-state index >= 15 is 0 Å². The Hall–Kier alpha value is -2.28. The number of β-lactam (4-membered cyclic amide) rings is 1. The molecule has 2 atom stereocenters. The number of carboxylic acid groups (broad SMARTS) is 1. The molecule has 130 valence electrons. The van der Waals surface area contributed by atoms with Crippen LogP contribution < -0.4 is 5.32 Å². The van der Waals surface area contributed by atoms with E-state index in [1.54, 1.807) is 0 Å². The van der Waals surface area contributed by atoms with Gasteiger partial charge in [-0.15, -0.1) is 11.8 Å². The van der Waals surface area contributed by atoms with Crippen LogP contribution >= 0.6 is 11.8 Å². The monoisotopic (exact) mass is 358 g/mol. The van der Waals surface area contributed by atoms with Crippen molar-refractivity contribution in [3.63, 3.8) is 0 Å². The van der Waals surface area contributed by atoms with Crippen molar-refractivity contribution in [2.75, 3.05) is 5.75 Å². The summed E-state index contributed by atoms with van der Waals surface area (Å²) in [6, 6.07) is 8.67. The number of hydrogen-bond acceptors (Lipinski definition) is 4. The van der Waals surface area contributed by atoms with E-state index in [4.69, 9.17) is 0 Å². The molecule has 25 heavy (non-hydrogen) atoms. The summed E-state index contributed by atoms with van der Waals surface area (Å²) in [6.07, 6.45) is 2.20. The first-order valence-electron chi connectivity index (χ1n) is 8.30. The van der Waals surface area contributed by atoms with E-state index in [0.717, 1.165) is 24.0 Å². The summed E-state index contributed by atoms with van der Waals surface area (Å²) in [7, 11) is 0. The minimum absolute atomic E-state index is 0.143. The van der Waals surface area contributed by atoms with E-state index in [1.807, 2.05) is 30.3 Å². The van der Waals surface area contributed by atoms with Gasteiger partial charge < -0.3 is 10.4 Å². The molecule has 2 fully saturated rings. The number of carbonyl (C=O) groups is 3. The number of amides is 2. The molecule has 1 saturated heterocycles. The van der Waals surface area contributed by atoms with E-state index < -0.39 is 12.0 Å². The predicted octanol–water partition coefficient (Wildman–Crippen LogP) is 1.38. The van der Waals surface area contributed by atoms with Crippen LogP contribution in [0.2, 0.25) is 0 Å². The summed E-state index contributed by atoms with van der Waals surface area (Å²) >= 11 is 1.54. The lowest BCUT2D eigenvalue weighted by Gasteiger charge is -2.49. The lowest BCUT2D eigenvalue weighted by atomic mass is 10.0. The molecule has 0 aromatic heterocycles. The molecule has 1 saturated carbocycles. The lowest BCUT2D eigenvalue weighted by molar-refractivity contribution is -0.150. The first-order chi connectivity index (χ1) is 12.1. The van der Waals surface area contributed by atoms with Gasteiger partial charge in [0.15, 0.2) is 0 Å². The Balaban J connectivity index is 1.46. The standard InChI is InChI=1S/C18H18N2O4S/c21-13(8-10-4-2-1-3-5-10)19-14-16(22)20-15(18(23)24)12(11-6-7-11)9-25-17(14)20/h1-5,11,14,17H,6-9H2,(H,19,21)(H,23,24)/t14-,17-/m1/s1. The highest BCUT2D eigenvalue weighted by Gasteiger charge is 2.55. The maximum Gasteiger partial charge on any atom is 0.352 e. The third-order valence-corrected chi connectivity index (χ3v) is 6.10. The van der Waals surface area contributed by atoms with Gasteiger partial charge in [-0.05, 0) is 29.9 Å². The number of benzene rings is 1. The van der Waals surface area contributed by atoms with Gasteiger partial charge in [-0.1, -0.05) is 30.3 Å². The second kappa shape index (κ2) is 6.22. The van der Waals surface area contributed by atoms with Crippen molar-refractivity contribution < 1.29 is 19.5 Å². The van der Waals surface area contributed by atoms with Crippen LogP contribution in [-0.2, 0) is 20.8 Å². The van der Waals surface area contributed by atoms with Crippen LogP contribution in [0, 0.1) is 5.92 Å². The molecule has 2 N–H and O–H groups in total. The normalized spacial score (nSPS) is 25.3. The Morgan fingerprint density at radius 3 is 2.60 bits per heavy atom. The van der Waals surface area contributed by atoms with Crippen molar-refractivity contribution in [2.24, 2.45) is 5.92 Å². The molecule has 2 heterocycles. The molecule has 0 radical (unpaired) electrons. The molecule has 7 heteroatoms. The zero-order valence-corrected chi connectivity index (χ0v) is 14.3. The van der Waals surface area contributed by atoms with Crippen LogP contribution in [0.1, 0.15) is 18.4 Å². The van der Waals surface area contributed by atoms with Crippen molar-refractivity contribution >= 4 is 29.5 Å². The van der Waals surface area contributed by atoms with Crippen molar-refractivity contribution in [3.05, 3.63) is 47.2 Å². The number of aliphatic carboxylic acids is 1. The van der Waals surface area contributed by atoms with Crippen molar-refractivity contribution in [1.29, 1.82) is 0 Å². The van der Waals surface area contributed by atoms with Crippen molar-refractivity contribution in [2.45, 2.75) is 30.7 Å². The maximum absolute atomic E-state index is 12.5. The molecule has 2 aliphatic heterocycles. The SMILES string of the molecule is O=C(Cc1ccccc1)N[C@@H]1C(=O)N2C(C(=O)O)=C(C3CC3)CS[C@H]12. The summed E-state index contributed by atoms with van der Waals surface area (Å²) in [6.45, 7) is 0. The second-order valence-corrected chi connectivity index (χ2v) is 7.68. The summed E-state index contributed by atoms with van der Waals surface area (Å²) in [5, 5.41) is 12.0.